The van der Waals surface area contributed by atoms with Gasteiger partial charge < -0.3 is 10.1 Å². The zero-order valence-electron chi connectivity index (χ0n) is 10.4. The minimum atomic E-state index is -0.510. The standard InChI is InChI=1S/C14H18N2O/c1-9(2)13(17)12-10(3)15-14(16-12)11-7-5-4-6-8-11/h4-9,13,17H,1-3H3,(H,15,16). The molecule has 0 saturated carbocycles. The van der Waals surface area contributed by atoms with Crippen molar-refractivity contribution >= 4 is 0 Å². The Bertz CT molecular complexity index is 488. The van der Waals surface area contributed by atoms with E-state index in [1.807, 2.05) is 51.1 Å². The minimum Gasteiger partial charge on any atom is -0.386 e. The molecule has 90 valence electrons. The topological polar surface area (TPSA) is 48.9 Å². The quantitative estimate of drug-likeness (QED) is 0.851. The first-order chi connectivity index (χ1) is 8.09. The van der Waals surface area contributed by atoms with Crippen LogP contribution in [0, 0.1) is 12.8 Å². The number of aromatic nitrogens is 2. The monoisotopic (exact) mass is 230 g/mol. The zero-order chi connectivity index (χ0) is 12.4. The van der Waals surface area contributed by atoms with Gasteiger partial charge in [-0.3, -0.25) is 0 Å². The molecule has 0 fully saturated rings. The van der Waals surface area contributed by atoms with Crippen LogP contribution in [-0.2, 0) is 0 Å². The molecule has 1 aromatic heterocycles. The predicted molar refractivity (Wildman–Crippen MR) is 68.6 cm³/mol. The number of aliphatic hydroxyl groups is 1. The molecule has 3 nitrogen and oxygen atoms in total. The Balaban J connectivity index is 2.37. The second-order valence-corrected chi connectivity index (χ2v) is 4.65. The molecule has 1 unspecified atom stereocenters. The van der Waals surface area contributed by atoms with Gasteiger partial charge in [0.05, 0.1) is 5.69 Å². The number of aromatic amines is 1. The summed E-state index contributed by atoms with van der Waals surface area (Å²) in [5.41, 5.74) is 2.72. The van der Waals surface area contributed by atoms with Crippen molar-refractivity contribution in [2.45, 2.75) is 26.9 Å². The van der Waals surface area contributed by atoms with E-state index in [2.05, 4.69) is 9.97 Å². The summed E-state index contributed by atoms with van der Waals surface area (Å²) in [6, 6.07) is 9.94. The Morgan fingerprint density at radius 3 is 2.41 bits per heavy atom. The SMILES string of the molecule is Cc1[nH]c(-c2ccccc2)nc1C(O)C(C)C. The van der Waals surface area contributed by atoms with E-state index in [4.69, 9.17) is 0 Å². The zero-order valence-corrected chi connectivity index (χ0v) is 10.4. The predicted octanol–water partition coefficient (Wildman–Crippen LogP) is 3.07. The third-order valence-electron chi connectivity index (χ3n) is 2.88. The summed E-state index contributed by atoms with van der Waals surface area (Å²) in [6.07, 6.45) is -0.510. The van der Waals surface area contributed by atoms with Crippen LogP contribution in [0.15, 0.2) is 30.3 Å². The van der Waals surface area contributed by atoms with Gasteiger partial charge in [0.2, 0.25) is 0 Å². The van der Waals surface area contributed by atoms with Gasteiger partial charge in [0.15, 0.2) is 0 Å². The molecule has 1 aromatic carbocycles. The summed E-state index contributed by atoms with van der Waals surface area (Å²) in [5.74, 6) is 0.985. The third-order valence-corrected chi connectivity index (χ3v) is 2.88. The van der Waals surface area contributed by atoms with Crippen molar-refractivity contribution in [3.05, 3.63) is 41.7 Å². The van der Waals surface area contributed by atoms with Gasteiger partial charge in [-0.25, -0.2) is 4.98 Å². The van der Waals surface area contributed by atoms with Crippen molar-refractivity contribution in [2.75, 3.05) is 0 Å². The van der Waals surface area contributed by atoms with Crippen molar-refractivity contribution in [2.24, 2.45) is 5.92 Å². The van der Waals surface area contributed by atoms with Crippen molar-refractivity contribution < 1.29 is 5.11 Å². The average molecular weight is 230 g/mol. The largest absolute Gasteiger partial charge is 0.386 e. The summed E-state index contributed by atoms with van der Waals surface area (Å²) >= 11 is 0. The van der Waals surface area contributed by atoms with Crippen LogP contribution in [0.3, 0.4) is 0 Å². The van der Waals surface area contributed by atoms with E-state index in [-0.39, 0.29) is 5.92 Å². The van der Waals surface area contributed by atoms with Crippen molar-refractivity contribution in [3.63, 3.8) is 0 Å². The number of imidazole rings is 1. The molecular weight excluding hydrogens is 212 g/mol. The van der Waals surface area contributed by atoms with Crippen LogP contribution in [0.1, 0.15) is 31.3 Å². The molecule has 0 radical (unpaired) electrons. The second-order valence-electron chi connectivity index (χ2n) is 4.65. The number of hydrogen-bond acceptors (Lipinski definition) is 2. The van der Waals surface area contributed by atoms with Gasteiger partial charge in [-0.05, 0) is 12.8 Å². The molecule has 17 heavy (non-hydrogen) atoms. The van der Waals surface area contributed by atoms with Gasteiger partial charge in [-0.2, -0.15) is 0 Å². The molecule has 1 atom stereocenters. The number of H-pyrrole nitrogens is 1. The first kappa shape index (κ1) is 11.9. The highest BCUT2D eigenvalue weighted by Crippen LogP contribution is 2.25. The Morgan fingerprint density at radius 2 is 1.82 bits per heavy atom. The number of hydrogen-bond donors (Lipinski definition) is 2. The van der Waals surface area contributed by atoms with E-state index in [1.165, 1.54) is 0 Å². The van der Waals surface area contributed by atoms with Crippen LogP contribution in [0.4, 0.5) is 0 Å². The van der Waals surface area contributed by atoms with Gasteiger partial charge >= 0.3 is 0 Å². The van der Waals surface area contributed by atoms with Crippen LogP contribution in [-0.4, -0.2) is 15.1 Å². The summed E-state index contributed by atoms with van der Waals surface area (Å²) in [5, 5.41) is 10.1. The Hall–Kier alpha value is -1.61. The third kappa shape index (κ3) is 2.39. The van der Waals surface area contributed by atoms with E-state index >= 15 is 0 Å². The fourth-order valence-corrected chi connectivity index (χ4v) is 1.81. The lowest BCUT2D eigenvalue weighted by Crippen LogP contribution is -2.07. The van der Waals surface area contributed by atoms with Crippen molar-refractivity contribution in [3.8, 4) is 11.4 Å². The van der Waals surface area contributed by atoms with Crippen molar-refractivity contribution in [1.29, 1.82) is 0 Å². The number of rotatable bonds is 3. The van der Waals surface area contributed by atoms with E-state index in [0.717, 1.165) is 22.8 Å². The Morgan fingerprint density at radius 1 is 1.18 bits per heavy atom. The van der Waals surface area contributed by atoms with E-state index in [9.17, 15) is 5.11 Å². The van der Waals surface area contributed by atoms with E-state index in [0.29, 0.717) is 0 Å². The molecule has 2 N–H and O–H groups in total. The minimum absolute atomic E-state index is 0.167. The molecule has 0 aliphatic rings. The number of benzene rings is 1. The summed E-state index contributed by atoms with van der Waals surface area (Å²) in [7, 11) is 0. The lowest BCUT2D eigenvalue weighted by molar-refractivity contribution is 0.122. The number of nitrogens with zero attached hydrogens (tertiary/aromatic N) is 1. The smallest absolute Gasteiger partial charge is 0.137 e. The summed E-state index contributed by atoms with van der Waals surface area (Å²) < 4.78 is 0. The molecule has 1 heterocycles. The maximum Gasteiger partial charge on any atom is 0.137 e. The molecule has 0 saturated heterocycles. The average Bonchev–Trinajstić information content (AvgIpc) is 2.71. The molecule has 0 amide bonds. The fraction of sp³-hybridized carbons (Fsp3) is 0.357. The van der Waals surface area contributed by atoms with Gasteiger partial charge in [-0.15, -0.1) is 0 Å². The molecule has 3 heteroatoms. The molecule has 0 aliphatic carbocycles. The molecule has 0 bridgehead atoms. The molecular formula is C14H18N2O. The maximum absolute atomic E-state index is 10.1. The number of aryl methyl sites for hydroxylation is 1. The highest BCUT2D eigenvalue weighted by atomic mass is 16.3. The molecule has 0 aliphatic heterocycles. The Kier molecular flexibility index (Phi) is 3.29. The second kappa shape index (κ2) is 4.72. The lowest BCUT2D eigenvalue weighted by Gasteiger charge is -2.12. The van der Waals surface area contributed by atoms with Crippen LogP contribution in [0.25, 0.3) is 11.4 Å². The van der Waals surface area contributed by atoms with E-state index in [1.54, 1.807) is 0 Å². The van der Waals surface area contributed by atoms with Gasteiger partial charge in [-0.1, -0.05) is 44.2 Å². The van der Waals surface area contributed by atoms with Gasteiger partial charge in [0.1, 0.15) is 11.9 Å². The number of nitrogens with one attached hydrogen (secondary N) is 1. The highest BCUT2D eigenvalue weighted by Gasteiger charge is 2.18. The number of aliphatic hydroxyl groups excluding tert-OH is 1. The van der Waals surface area contributed by atoms with Gasteiger partial charge in [0.25, 0.3) is 0 Å². The van der Waals surface area contributed by atoms with Gasteiger partial charge in [0, 0.05) is 11.3 Å². The summed E-state index contributed by atoms with van der Waals surface area (Å²) in [4.78, 5) is 7.72. The maximum atomic E-state index is 10.1. The Labute approximate surface area is 102 Å². The molecule has 2 rings (SSSR count). The first-order valence-electron chi connectivity index (χ1n) is 5.89. The summed E-state index contributed by atoms with van der Waals surface area (Å²) in [6.45, 7) is 5.92. The highest BCUT2D eigenvalue weighted by molar-refractivity contribution is 5.55. The first-order valence-corrected chi connectivity index (χ1v) is 5.89. The molecule has 2 aromatic rings. The van der Waals surface area contributed by atoms with Crippen LogP contribution < -0.4 is 0 Å². The van der Waals surface area contributed by atoms with E-state index < -0.39 is 6.10 Å². The lowest BCUT2D eigenvalue weighted by atomic mass is 10.0. The van der Waals surface area contributed by atoms with Crippen molar-refractivity contribution in [1.82, 2.24) is 9.97 Å². The molecule has 0 spiro atoms. The van der Waals surface area contributed by atoms with Crippen LogP contribution >= 0.6 is 0 Å². The normalized spacial score (nSPS) is 13.0. The fourth-order valence-electron chi connectivity index (χ4n) is 1.81. The van der Waals surface area contributed by atoms with Crippen LogP contribution in [0.2, 0.25) is 0 Å². The van der Waals surface area contributed by atoms with Crippen LogP contribution in [0.5, 0.6) is 0 Å².